The molecule has 0 atom stereocenters. The highest BCUT2D eigenvalue weighted by atomic mass is 16.5. The number of hydrogen-bond acceptors (Lipinski definition) is 7. The Bertz CT molecular complexity index is 1290. The number of methoxy groups -OCH3 is 2. The van der Waals surface area contributed by atoms with Crippen LogP contribution in [0.5, 0.6) is 11.5 Å². The molecular weight excluding hydrogens is 376 g/mol. The first kappa shape index (κ1) is 18.5. The molecule has 9 heteroatoms. The highest BCUT2D eigenvalue weighted by molar-refractivity contribution is 5.97. The van der Waals surface area contributed by atoms with Crippen molar-refractivity contribution in [3.63, 3.8) is 0 Å². The molecule has 0 saturated heterocycles. The van der Waals surface area contributed by atoms with Gasteiger partial charge >= 0.3 is 5.97 Å². The summed E-state index contributed by atoms with van der Waals surface area (Å²) in [6, 6.07) is 6.92. The predicted octanol–water partition coefficient (Wildman–Crippen LogP) is 2.23. The molecule has 1 aromatic carbocycles. The summed E-state index contributed by atoms with van der Waals surface area (Å²) in [5, 5.41) is 4.56. The maximum Gasteiger partial charge on any atom is 0.343 e. The summed E-state index contributed by atoms with van der Waals surface area (Å²) in [4.78, 5) is 29.5. The molecule has 0 unspecified atom stereocenters. The zero-order chi connectivity index (χ0) is 20.5. The molecule has 3 aromatic heterocycles. The van der Waals surface area contributed by atoms with Crippen molar-refractivity contribution in [1.29, 1.82) is 0 Å². The molecule has 0 saturated carbocycles. The zero-order valence-corrected chi connectivity index (χ0v) is 16.1. The molecule has 0 aliphatic heterocycles. The second kappa shape index (κ2) is 7.27. The van der Waals surface area contributed by atoms with E-state index in [-0.39, 0.29) is 17.7 Å². The molecule has 0 bridgehead atoms. The molecule has 0 aliphatic rings. The van der Waals surface area contributed by atoms with E-state index < -0.39 is 5.97 Å². The molecule has 0 amide bonds. The van der Waals surface area contributed by atoms with Gasteiger partial charge < -0.3 is 14.2 Å². The van der Waals surface area contributed by atoms with Crippen molar-refractivity contribution in [3.05, 3.63) is 58.8 Å². The number of ether oxygens (including phenoxy) is 3. The first-order valence-corrected chi connectivity index (χ1v) is 8.86. The normalized spacial score (nSPS) is 11.0. The largest absolute Gasteiger partial charge is 0.497 e. The van der Waals surface area contributed by atoms with E-state index in [0.717, 1.165) is 0 Å². The lowest BCUT2D eigenvalue weighted by molar-refractivity contribution is 0.0528. The van der Waals surface area contributed by atoms with Crippen molar-refractivity contribution in [2.24, 2.45) is 0 Å². The van der Waals surface area contributed by atoms with E-state index >= 15 is 0 Å². The van der Waals surface area contributed by atoms with E-state index in [1.807, 2.05) is 0 Å². The fourth-order valence-electron chi connectivity index (χ4n) is 3.14. The molecule has 4 rings (SSSR count). The molecule has 3 heterocycles. The van der Waals surface area contributed by atoms with E-state index in [1.165, 1.54) is 28.6 Å². The van der Waals surface area contributed by atoms with Gasteiger partial charge in [-0.1, -0.05) is 0 Å². The van der Waals surface area contributed by atoms with Crippen LogP contribution in [0.25, 0.3) is 22.2 Å². The van der Waals surface area contributed by atoms with Crippen LogP contribution in [0.4, 0.5) is 0 Å². The third-order valence-corrected chi connectivity index (χ3v) is 4.54. The fraction of sp³-hybridized carbons (Fsp3) is 0.200. The summed E-state index contributed by atoms with van der Waals surface area (Å²) >= 11 is 0. The Morgan fingerprint density at radius 2 is 1.97 bits per heavy atom. The molecule has 9 nitrogen and oxygen atoms in total. The van der Waals surface area contributed by atoms with Crippen LogP contribution in [-0.4, -0.2) is 46.0 Å². The Hall–Kier alpha value is -3.88. The van der Waals surface area contributed by atoms with Crippen LogP contribution in [0.2, 0.25) is 0 Å². The number of nitrogens with zero attached hydrogens (tertiary/aromatic N) is 4. The average Bonchev–Trinajstić information content (AvgIpc) is 3.18. The second-order valence-electron chi connectivity index (χ2n) is 6.10. The number of carbonyl (C=O) groups excluding carboxylic acids is 1. The van der Waals surface area contributed by atoms with Crippen molar-refractivity contribution in [1.82, 2.24) is 19.2 Å². The monoisotopic (exact) mass is 394 g/mol. The van der Waals surface area contributed by atoms with Crippen LogP contribution < -0.4 is 15.0 Å². The summed E-state index contributed by atoms with van der Waals surface area (Å²) in [6.45, 7) is 1.97. The van der Waals surface area contributed by atoms with Gasteiger partial charge in [0.25, 0.3) is 5.56 Å². The summed E-state index contributed by atoms with van der Waals surface area (Å²) in [5.41, 5.74) is 1.37. The minimum atomic E-state index is -0.509. The third kappa shape index (κ3) is 2.96. The van der Waals surface area contributed by atoms with Gasteiger partial charge in [0.05, 0.1) is 43.6 Å². The lowest BCUT2D eigenvalue weighted by Crippen LogP contribution is -2.19. The Morgan fingerprint density at radius 3 is 2.69 bits per heavy atom. The van der Waals surface area contributed by atoms with Crippen molar-refractivity contribution < 1.29 is 19.0 Å². The maximum atomic E-state index is 13.1. The molecule has 29 heavy (non-hydrogen) atoms. The van der Waals surface area contributed by atoms with Crippen LogP contribution in [0.15, 0.2) is 47.7 Å². The lowest BCUT2D eigenvalue weighted by Gasteiger charge is -2.13. The summed E-state index contributed by atoms with van der Waals surface area (Å²) in [5.74, 6) is 0.597. The van der Waals surface area contributed by atoms with Gasteiger partial charge in [-0.05, 0) is 25.1 Å². The Kier molecular flexibility index (Phi) is 4.63. The van der Waals surface area contributed by atoms with Gasteiger partial charge in [0.2, 0.25) is 0 Å². The minimum absolute atomic E-state index is 0.245. The number of hydrogen-bond donors (Lipinski definition) is 0. The van der Waals surface area contributed by atoms with Crippen molar-refractivity contribution in [2.45, 2.75) is 6.92 Å². The van der Waals surface area contributed by atoms with E-state index in [0.29, 0.717) is 33.7 Å². The molecule has 0 N–H and O–H groups in total. The van der Waals surface area contributed by atoms with E-state index in [2.05, 4.69) is 10.1 Å². The van der Waals surface area contributed by atoms with Gasteiger partial charge in [0.1, 0.15) is 17.1 Å². The lowest BCUT2D eigenvalue weighted by atomic mass is 10.2. The van der Waals surface area contributed by atoms with Crippen molar-refractivity contribution in [3.8, 4) is 17.2 Å². The molecule has 0 spiro atoms. The number of esters is 1. The van der Waals surface area contributed by atoms with Crippen LogP contribution in [0.3, 0.4) is 0 Å². The number of carbonyl (C=O) groups is 1. The molecule has 148 valence electrons. The van der Waals surface area contributed by atoms with Crippen LogP contribution in [-0.2, 0) is 4.74 Å². The van der Waals surface area contributed by atoms with Gasteiger partial charge in [-0.15, -0.1) is 0 Å². The molecular formula is C20H18N4O5. The number of rotatable bonds is 5. The van der Waals surface area contributed by atoms with Gasteiger partial charge in [-0.25, -0.2) is 14.3 Å². The third-order valence-electron chi connectivity index (χ3n) is 4.54. The highest BCUT2D eigenvalue weighted by Gasteiger charge is 2.18. The summed E-state index contributed by atoms with van der Waals surface area (Å²) in [6.07, 6.45) is 4.45. The summed E-state index contributed by atoms with van der Waals surface area (Å²) in [7, 11) is 3.08. The Morgan fingerprint density at radius 1 is 1.14 bits per heavy atom. The van der Waals surface area contributed by atoms with Crippen LogP contribution in [0, 0.1) is 0 Å². The molecule has 0 fully saturated rings. The zero-order valence-electron chi connectivity index (χ0n) is 16.1. The van der Waals surface area contributed by atoms with Crippen LogP contribution >= 0.6 is 0 Å². The van der Waals surface area contributed by atoms with Gasteiger partial charge in [0, 0.05) is 18.5 Å². The Balaban J connectivity index is 1.91. The van der Waals surface area contributed by atoms with Crippen LogP contribution in [0.1, 0.15) is 17.3 Å². The maximum absolute atomic E-state index is 13.1. The molecule has 0 radical (unpaired) electrons. The van der Waals surface area contributed by atoms with Gasteiger partial charge in [0.15, 0.2) is 5.65 Å². The average molecular weight is 394 g/mol. The fourth-order valence-corrected chi connectivity index (χ4v) is 3.14. The van der Waals surface area contributed by atoms with Gasteiger partial charge in [-0.2, -0.15) is 5.10 Å². The number of benzene rings is 1. The second-order valence-corrected chi connectivity index (χ2v) is 6.10. The number of aromatic nitrogens is 4. The minimum Gasteiger partial charge on any atom is -0.497 e. The van der Waals surface area contributed by atoms with E-state index in [1.54, 1.807) is 44.5 Å². The standard InChI is InChI=1S/C20H18N4O5/c1-4-29-20(26)14-11-22-24-15-7-8-23(19(25)13(15)10-21-18(14)24)16-6-5-12(27-2)9-17(16)28-3/h5-11H,4H2,1-3H3. The van der Waals surface area contributed by atoms with E-state index in [4.69, 9.17) is 14.2 Å². The van der Waals surface area contributed by atoms with Gasteiger partial charge in [-0.3, -0.25) is 9.36 Å². The SMILES string of the molecule is CCOC(=O)c1cnn2c1ncc1c(=O)n(-c3ccc(OC)cc3OC)ccc12. The summed E-state index contributed by atoms with van der Waals surface area (Å²) < 4.78 is 18.6. The number of pyridine rings is 1. The quantitative estimate of drug-likeness (QED) is 0.479. The Labute approximate surface area is 165 Å². The topological polar surface area (TPSA) is 97.0 Å². The smallest absolute Gasteiger partial charge is 0.343 e. The first-order valence-electron chi connectivity index (χ1n) is 8.86. The van der Waals surface area contributed by atoms with Crippen molar-refractivity contribution >= 4 is 22.5 Å². The van der Waals surface area contributed by atoms with E-state index in [9.17, 15) is 9.59 Å². The predicted molar refractivity (Wildman–Crippen MR) is 105 cm³/mol. The number of fused-ring (bicyclic) bond motifs is 3. The molecule has 4 aromatic rings. The highest BCUT2D eigenvalue weighted by Crippen LogP contribution is 2.27. The molecule has 0 aliphatic carbocycles. The van der Waals surface area contributed by atoms with Crippen molar-refractivity contribution in [2.75, 3.05) is 20.8 Å². The first-order chi connectivity index (χ1) is 14.1.